The summed E-state index contributed by atoms with van der Waals surface area (Å²) in [4.78, 5) is 19.1. The lowest BCUT2D eigenvalue weighted by molar-refractivity contribution is 0.0507. The molecule has 1 heterocycles. The number of carbonyl (C=O) groups is 1. The smallest absolute Gasteiger partial charge is 0.317 e. The van der Waals surface area contributed by atoms with E-state index in [2.05, 4.69) is 43.1 Å². The SMILES string of the molecule is CC1CN(C(=O)NCc2ccccc2)CC(C)N1CCN(C)C. The van der Waals surface area contributed by atoms with E-state index in [0.717, 1.165) is 31.7 Å². The third-order valence-corrected chi connectivity index (χ3v) is 4.48. The van der Waals surface area contributed by atoms with Crippen molar-refractivity contribution in [3.05, 3.63) is 35.9 Å². The second-order valence-corrected chi connectivity index (χ2v) is 6.79. The van der Waals surface area contributed by atoms with E-state index in [9.17, 15) is 4.79 Å². The molecule has 1 fully saturated rings. The second kappa shape index (κ2) is 8.31. The maximum Gasteiger partial charge on any atom is 0.317 e. The molecular formula is C18H30N4O. The second-order valence-electron chi connectivity index (χ2n) is 6.79. The summed E-state index contributed by atoms with van der Waals surface area (Å²) < 4.78 is 0. The van der Waals surface area contributed by atoms with Crippen molar-refractivity contribution in [2.24, 2.45) is 0 Å². The summed E-state index contributed by atoms with van der Waals surface area (Å²) >= 11 is 0. The molecule has 23 heavy (non-hydrogen) atoms. The molecule has 2 rings (SSSR count). The predicted molar refractivity (Wildman–Crippen MR) is 94.4 cm³/mol. The summed E-state index contributed by atoms with van der Waals surface area (Å²) in [7, 11) is 4.20. The van der Waals surface area contributed by atoms with Gasteiger partial charge in [-0.3, -0.25) is 4.90 Å². The molecule has 1 aliphatic heterocycles. The highest BCUT2D eigenvalue weighted by Gasteiger charge is 2.31. The van der Waals surface area contributed by atoms with E-state index >= 15 is 0 Å². The van der Waals surface area contributed by atoms with Gasteiger partial charge in [0.1, 0.15) is 0 Å². The molecular weight excluding hydrogens is 288 g/mol. The van der Waals surface area contributed by atoms with E-state index in [-0.39, 0.29) is 6.03 Å². The van der Waals surface area contributed by atoms with Gasteiger partial charge in [0, 0.05) is 44.8 Å². The predicted octanol–water partition coefficient (Wildman–Crippen LogP) is 1.85. The van der Waals surface area contributed by atoms with Crippen molar-refractivity contribution in [1.82, 2.24) is 20.0 Å². The maximum absolute atomic E-state index is 12.4. The van der Waals surface area contributed by atoms with Gasteiger partial charge >= 0.3 is 6.03 Å². The van der Waals surface area contributed by atoms with E-state index in [1.807, 2.05) is 35.2 Å². The zero-order valence-corrected chi connectivity index (χ0v) is 14.8. The van der Waals surface area contributed by atoms with E-state index in [1.165, 1.54) is 0 Å². The van der Waals surface area contributed by atoms with Crippen molar-refractivity contribution in [2.45, 2.75) is 32.5 Å². The van der Waals surface area contributed by atoms with Crippen LogP contribution in [0.2, 0.25) is 0 Å². The molecule has 5 heteroatoms. The zero-order valence-electron chi connectivity index (χ0n) is 14.8. The van der Waals surface area contributed by atoms with Crippen LogP contribution in [0.15, 0.2) is 30.3 Å². The molecule has 0 aliphatic carbocycles. The molecule has 1 N–H and O–H groups in total. The molecule has 1 saturated heterocycles. The number of nitrogens with one attached hydrogen (secondary N) is 1. The van der Waals surface area contributed by atoms with Crippen LogP contribution in [0.4, 0.5) is 4.79 Å². The number of rotatable bonds is 5. The van der Waals surface area contributed by atoms with Gasteiger partial charge in [0.2, 0.25) is 0 Å². The fraction of sp³-hybridized carbons (Fsp3) is 0.611. The zero-order chi connectivity index (χ0) is 16.8. The maximum atomic E-state index is 12.4. The van der Waals surface area contributed by atoms with E-state index in [0.29, 0.717) is 18.6 Å². The minimum absolute atomic E-state index is 0.0415. The third-order valence-electron chi connectivity index (χ3n) is 4.48. The minimum atomic E-state index is 0.0415. The number of carbonyl (C=O) groups excluding carboxylic acids is 1. The molecule has 1 aromatic rings. The van der Waals surface area contributed by atoms with Crippen LogP contribution >= 0.6 is 0 Å². The highest BCUT2D eigenvalue weighted by Crippen LogP contribution is 2.15. The van der Waals surface area contributed by atoms with Crippen LogP contribution in [-0.2, 0) is 6.54 Å². The number of piperazine rings is 1. The van der Waals surface area contributed by atoms with Gasteiger partial charge in [0.25, 0.3) is 0 Å². The van der Waals surface area contributed by atoms with Gasteiger partial charge in [-0.25, -0.2) is 4.79 Å². The number of hydrogen-bond acceptors (Lipinski definition) is 3. The topological polar surface area (TPSA) is 38.8 Å². The Kier molecular flexibility index (Phi) is 6.42. The average molecular weight is 318 g/mol. The van der Waals surface area contributed by atoms with Crippen molar-refractivity contribution < 1.29 is 4.79 Å². The first-order valence-electron chi connectivity index (χ1n) is 8.44. The molecule has 1 aromatic carbocycles. The lowest BCUT2D eigenvalue weighted by Crippen LogP contribution is -2.60. The molecule has 128 valence electrons. The Morgan fingerprint density at radius 2 is 1.78 bits per heavy atom. The number of urea groups is 1. The number of benzene rings is 1. The molecule has 2 unspecified atom stereocenters. The van der Waals surface area contributed by atoms with Gasteiger partial charge in [-0.15, -0.1) is 0 Å². The first-order chi connectivity index (χ1) is 11.0. The van der Waals surface area contributed by atoms with Crippen molar-refractivity contribution >= 4 is 6.03 Å². The molecule has 5 nitrogen and oxygen atoms in total. The van der Waals surface area contributed by atoms with Crippen LogP contribution in [0.3, 0.4) is 0 Å². The Bertz CT molecular complexity index is 479. The summed E-state index contributed by atoms with van der Waals surface area (Å²) in [5.41, 5.74) is 1.13. The van der Waals surface area contributed by atoms with E-state index in [1.54, 1.807) is 0 Å². The van der Waals surface area contributed by atoms with Crippen molar-refractivity contribution in [1.29, 1.82) is 0 Å². The van der Waals surface area contributed by atoms with E-state index < -0.39 is 0 Å². The molecule has 0 saturated carbocycles. The van der Waals surface area contributed by atoms with Gasteiger partial charge in [0.15, 0.2) is 0 Å². The Labute approximate surface area is 140 Å². The average Bonchev–Trinajstić information content (AvgIpc) is 2.52. The number of hydrogen-bond donors (Lipinski definition) is 1. The quantitative estimate of drug-likeness (QED) is 0.900. The Balaban J connectivity index is 1.84. The highest BCUT2D eigenvalue weighted by molar-refractivity contribution is 5.74. The van der Waals surface area contributed by atoms with Crippen LogP contribution in [0.1, 0.15) is 19.4 Å². The molecule has 0 spiro atoms. The molecule has 0 bridgehead atoms. The van der Waals surface area contributed by atoms with Gasteiger partial charge in [-0.05, 0) is 33.5 Å². The van der Waals surface area contributed by atoms with Crippen LogP contribution in [-0.4, -0.2) is 73.1 Å². The highest BCUT2D eigenvalue weighted by atomic mass is 16.2. The first-order valence-corrected chi connectivity index (χ1v) is 8.44. The molecule has 1 aliphatic rings. The summed E-state index contributed by atoms with van der Waals surface area (Å²) in [5, 5.41) is 3.04. The Morgan fingerprint density at radius 1 is 1.17 bits per heavy atom. The van der Waals surface area contributed by atoms with Crippen LogP contribution in [0.25, 0.3) is 0 Å². The summed E-state index contributed by atoms with van der Waals surface area (Å²) in [6, 6.07) is 10.9. The number of likely N-dealkylation sites (N-methyl/N-ethyl adjacent to an activating group) is 1. The Hall–Kier alpha value is -1.59. The first kappa shape index (κ1) is 17.8. The fourth-order valence-corrected chi connectivity index (χ4v) is 3.16. The van der Waals surface area contributed by atoms with E-state index in [4.69, 9.17) is 0 Å². The molecule has 0 aromatic heterocycles. The molecule has 0 radical (unpaired) electrons. The minimum Gasteiger partial charge on any atom is -0.334 e. The molecule has 2 atom stereocenters. The van der Waals surface area contributed by atoms with Crippen LogP contribution < -0.4 is 5.32 Å². The van der Waals surface area contributed by atoms with Crippen LogP contribution in [0.5, 0.6) is 0 Å². The summed E-state index contributed by atoms with van der Waals surface area (Å²) in [5.74, 6) is 0. The summed E-state index contributed by atoms with van der Waals surface area (Å²) in [6.45, 7) is 8.69. The third kappa shape index (κ3) is 5.22. The van der Waals surface area contributed by atoms with Crippen molar-refractivity contribution in [2.75, 3.05) is 40.3 Å². The van der Waals surface area contributed by atoms with Gasteiger partial charge in [-0.1, -0.05) is 30.3 Å². The van der Waals surface area contributed by atoms with Crippen molar-refractivity contribution in [3.8, 4) is 0 Å². The van der Waals surface area contributed by atoms with Crippen LogP contribution in [0, 0.1) is 0 Å². The van der Waals surface area contributed by atoms with Gasteiger partial charge < -0.3 is 15.1 Å². The standard InChI is InChI=1S/C18H30N4O/c1-15-13-21(14-16(2)22(15)11-10-20(3)4)18(23)19-12-17-8-6-5-7-9-17/h5-9,15-16H,10-14H2,1-4H3,(H,19,23). The van der Waals surface area contributed by atoms with Crippen molar-refractivity contribution in [3.63, 3.8) is 0 Å². The largest absolute Gasteiger partial charge is 0.334 e. The van der Waals surface area contributed by atoms with Gasteiger partial charge in [-0.2, -0.15) is 0 Å². The van der Waals surface area contributed by atoms with Gasteiger partial charge in [0.05, 0.1) is 0 Å². The molecule has 2 amide bonds. The monoisotopic (exact) mass is 318 g/mol. The normalized spacial score (nSPS) is 22.4. The number of nitrogens with zero attached hydrogens (tertiary/aromatic N) is 3. The lowest BCUT2D eigenvalue weighted by atomic mass is 10.1. The lowest BCUT2D eigenvalue weighted by Gasteiger charge is -2.44. The number of amides is 2. The Morgan fingerprint density at radius 3 is 2.35 bits per heavy atom. The summed E-state index contributed by atoms with van der Waals surface area (Å²) in [6.07, 6.45) is 0. The fourth-order valence-electron chi connectivity index (χ4n) is 3.16.